The summed E-state index contributed by atoms with van der Waals surface area (Å²) in [5, 5.41) is 0. The third-order valence-corrected chi connectivity index (χ3v) is 7.50. The molecule has 2 nitrogen and oxygen atoms in total. The van der Waals surface area contributed by atoms with E-state index in [-0.39, 0.29) is 17.8 Å². The summed E-state index contributed by atoms with van der Waals surface area (Å²) in [5.74, 6) is -1.30. The topological polar surface area (TPSA) is 18.5 Å². The number of unbranched alkanes of at least 4 members (excludes halogenated alkanes) is 2. The molecule has 4 heteroatoms. The highest BCUT2D eigenvalue weighted by molar-refractivity contribution is 5.66. The van der Waals surface area contributed by atoms with Gasteiger partial charge in [-0.05, 0) is 86.1 Å². The van der Waals surface area contributed by atoms with E-state index < -0.39 is 11.6 Å². The summed E-state index contributed by atoms with van der Waals surface area (Å²) < 4.78 is 40.3. The Morgan fingerprint density at radius 3 is 2.41 bits per heavy atom. The van der Waals surface area contributed by atoms with Crippen LogP contribution in [0.1, 0.15) is 87.8 Å². The first kappa shape index (κ1) is 24.9. The van der Waals surface area contributed by atoms with E-state index in [9.17, 15) is 8.78 Å². The second-order valence-corrected chi connectivity index (χ2v) is 9.78. The molecule has 2 aromatic carbocycles. The molecule has 1 heterocycles. The molecule has 184 valence electrons. The lowest BCUT2D eigenvalue weighted by atomic mass is 9.79. The van der Waals surface area contributed by atoms with Gasteiger partial charge < -0.3 is 9.47 Å². The molecule has 0 saturated carbocycles. The minimum atomic E-state index is -0.889. The van der Waals surface area contributed by atoms with Crippen molar-refractivity contribution in [3.63, 3.8) is 0 Å². The van der Waals surface area contributed by atoms with Gasteiger partial charge >= 0.3 is 0 Å². The number of halogens is 2. The second-order valence-electron chi connectivity index (χ2n) is 9.78. The third kappa shape index (κ3) is 5.89. The average Bonchev–Trinajstić information content (AvgIpc) is 2.88. The maximum absolute atomic E-state index is 14.6. The summed E-state index contributed by atoms with van der Waals surface area (Å²) in [7, 11) is 0. The quantitative estimate of drug-likeness (QED) is 0.345. The molecule has 0 amide bonds. The fourth-order valence-electron chi connectivity index (χ4n) is 5.44. The zero-order valence-corrected chi connectivity index (χ0v) is 20.6. The average molecular weight is 469 g/mol. The molecule has 0 radical (unpaired) electrons. The highest BCUT2D eigenvalue weighted by Gasteiger charge is 2.32. The van der Waals surface area contributed by atoms with E-state index in [4.69, 9.17) is 9.47 Å². The van der Waals surface area contributed by atoms with Crippen molar-refractivity contribution in [3.8, 4) is 5.75 Å². The zero-order chi connectivity index (χ0) is 23.9. The van der Waals surface area contributed by atoms with Crippen LogP contribution in [0.4, 0.5) is 8.78 Å². The number of aryl methyl sites for hydroxylation is 1. The van der Waals surface area contributed by atoms with Gasteiger partial charge in [-0.15, -0.1) is 0 Å². The Labute approximate surface area is 203 Å². The summed E-state index contributed by atoms with van der Waals surface area (Å²) in [4.78, 5) is 0. The molecule has 3 atom stereocenters. The molecule has 4 rings (SSSR count). The van der Waals surface area contributed by atoms with Gasteiger partial charge in [-0.25, -0.2) is 4.39 Å². The van der Waals surface area contributed by atoms with E-state index in [0.717, 1.165) is 32.1 Å². The summed E-state index contributed by atoms with van der Waals surface area (Å²) >= 11 is 0. The third-order valence-electron chi connectivity index (χ3n) is 7.50. The molecule has 0 spiro atoms. The van der Waals surface area contributed by atoms with Crippen LogP contribution in [0.3, 0.4) is 0 Å². The largest absolute Gasteiger partial charge is 0.491 e. The van der Waals surface area contributed by atoms with Crippen molar-refractivity contribution < 1.29 is 18.3 Å². The van der Waals surface area contributed by atoms with E-state index in [1.807, 2.05) is 0 Å². The van der Waals surface area contributed by atoms with Gasteiger partial charge in [-0.2, -0.15) is 4.39 Å². The number of rotatable bonds is 9. The highest BCUT2D eigenvalue weighted by atomic mass is 19.2. The predicted octanol–water partition coefficient (Wildman–Crippen LogP) is 8.24. The first-order valence-electron chi connectivity index (χ1n) is 13.1. The fourth-order valence-corrected chi connectivity index (χ4v) is 5.44. The molecule has 1 aliphatic carbocycles. The Morgan fingerprint density at radius 1 is 0.941 bits per heavy atom. The van der Waals surface area contributed by atoms with Gasteiger partial charge in [-0.1, -0.05) is 56.2 Å². The van der Waals surface area contributed by atoms with Crippen LogP contribution in [-0.4, -0.2) is 19.3 Å². The first-order chi connectivity index (χ1) is 16.6. The van der Waals surface area contributed by atoms with E-state index in [2.05, 4.69) is 37.3 Å². The van der Waals surface area contributed by atoms with E-state index in [0.29, 0.717) is 24.7 Å². The van der Waals surface area contributed by atoms with Crippen LogP contribution in [0.15, 0.2) is 42.5 Å². The smallest absolute Gasteiger partial charge is 0.200 e. The van der Waals surface area contributed by atoms with Crippen molar-refractivity contribution >= 4 is 5.57 Å². The highest BCUT2D eigenvalue weighted by Crippen LogP contribution is 2.39. The van der Waals surface area contributed by atoms with Gasteiger partial charge in [0.2, 0.25) is 5.82 Å². The van der Waals surface area contributed by atoms with Crippen LogP contribution in [0.25, 0.3) is 5.57 Å². The predicted molar refractivity (Wildman–Crippen MR) is 134 cm³/mol. The van der Waals surface area contributed by atoms with Gasteiger partial charge in [0.05, 0.1) is 19.3 Å². The summed E-state index contributed by atoms with van der Waals surface area (Å²) in [6, 6.07) is 12.3. The number of ether oxygens (including phenoxy) is 2. The van der Waals surface area contributed by atoms with Crippen molar-refractivity contribution in [2.75, 3.05) is 13.2 Å². The lowest BCUT2D eigenvalue weighted by Gasteiger charge is -2.36. The summed E-state index contributed by atoms with van der Waals surface area (Å²) in [5.41, 5.74) is 4.62. The maximum Gasteiger partial charge on any atom is 0.200 e. The van der Waals surface area contributed by atoms with Crippen molar-refractivity contribution in [3.05, 3.63) is 70.8 Å². The molecule has 3 unspecified atom stereocenters. The molecule has 2 aliphatic rings. The Bertz CT molecular complexity index is 959. The summed E-state index contributed by atoms with van der Waals surface area (Å²) in [6.45, 7) is 4.76. The van der Waals surface area contributed by atoms with Crippen LogP contribution >= 0.6 is 0 Å². The lowest BCUT2D eigenvalue weighted by molar-refractivity contribution is -0.0334. The second kappa shape index (κ2) is 12.0. The SMILES string of the molecule is CCCCCc1ccc(C2=CCC(C3CCC(c4ccc(OCC)c(F)c4F)CO3)CC2)cc1. The standard InChI is InChI=1S/C30H38F2O2/c1-3-5-6-7-21-8-10-22(11-9-21)23-12-14-24(15-13-23)27-18-16-25(20-34-27)26-17-19-28(33-4-2)30(32)29(26)31/h8-12,17,19,24-25,27H,3-7,13-16,18,20H2,1-2H3. The monoisotopic (exact) mass is 468 g/mol. The van der Waals surface area contributed by atoms with Crippen LogP contribution < -0.4 is 4.74 Å². The molecule has 1 saturated heterocycles. The Kier molecular flexibility index (Phi) is 8.77. The van der Waals surface area contributed by atoms with Crippen LogP contribution in [0.5, 0.6) is 5.75 Å². The van der Waals surface area contributed by atoms with E-state index >= 15 is 0 Å². The zero-order valence-electron chi connectivity index (χ0n) is 20.6. The minimum absolute atomic E-state index is 0.0192. The minimum Gasteiger partial charge on any atom is -0.491 e. The van der Waals surface area contributed by atoms with Gasteiger partial charge in [-0.3, -0.25) is 0 Å². The molecule has 1 aliphatic heterocycles. The number of benzene rings is 2. The van der Waals surface area contributed by atoms with E-state index in [1.54, 1.807) is 13.0 Å². The molecule has 0 N–H and O–H groups in total. The lowest BCUT2D eigenvalue weighted by Crippen LogP contribution is -2.32. The molecule has 1 fully saturated rings. The number of hydrogen-bond donors (Lipinski definition) is 0. The van der Waals surface area contributed by atoms with Gasteiger partial charge in [0.25, 0.3) is 0 Å². The molecular weight excluding hydrogens is 430 g/mol. The number of hydrogen-bond acceptors (Lipinski definition) is 2. The van der Waals surface area contributed by atoms with Crippen molar-refractivity contribution in [2.24, 2.45) is 5.92 Å². The number of allylic oxidation sites excluding steroid dienone is 2. The first-order valence-corrected chi connectivity index (χ1v) is 13.1. The maximum atomic E-state index is 14.6. The Balaban J connectivity index is 1.30. The Morgan fingerprint density at radius 2 is 1.76 bits per heavy atom. The fraction of sp³-hybridized carbons (Fsp3) is 0.533. The molecular formula is C30H38F2O2. The van der Waals surface area contributed by atoms with Gasteiger partial charge in [0.15, 0.2) is 11.6 Å². The van der Waals surface area contributed by atoms with Crippen molar-refractivity contribution in [2.45, 2.75) is 83.7 Å². The normalized spacial score (nSPS) is 22.9. The van der Waals surface area contributed by atoms with Crippen LogP contribution in [-0.2, 0) is 11.2 Å². The van der Waals surface area contributed by atoms with E-state index in [1.165, 1.54) is 48.4 Å². The molecule has 0 bridgehead atoms. The summed E-state index contributed by atoms with van der Waals surface area (Å²) in [6.07, 6.45) is 12.5. The molecule has 2 aromatic rings. The van der Waals surface area contributed by atoms with Crippen molar-refractivity contribution in [1.29, 1.82) is 0 Å². The van der Waals surface area contributed by atoms with Crippen LogP contribution in [0, 0.1) is 17.6 Å². The van der Waals surface area contributed by atoms with Crippen LogP contribution in [0.2, 0.25) is 0 Å². The molecule has 0 aromatic heterocycles. The van der Waals surface area contributed by atoms with Gasteiger partial charge in [0, 0.05) is 5.92 Å². The molecule has 34 heavy (non-hydrogen) atoms. The van der Waals surface area contributed by atoms with Crippen molar-refractivity contribution in [1.82, 2.24) is 0 Å². The van der Waals surface area contributed by atoms with Gasteiger partial charge in [0.1, 0.15) is 0 Å². The Hall–Kier alpha value is -2.20.